The molecule has 0 radical (unpaired) electrons. The van der Waals surface area contributed by atoms with Crippen LogP contribution < -0.4 is 8.61 Å². The Morgan fingerprint density at radius 3 is 1.36 bits per heavy atom. The monoisotopic (exact) mass is 794 g/mol. The fourth-order valence-corrected chi connectivity index (χ4v) is 8.24. The summed E-state index contributed by atoms with van der Waals surface area (Å²) in [6, 6.07) is 21.0. The number of pyridine rings is 2. The molecule has 292 valence electrons. The maximum absolute atomic E-state index is 13.2. The van der Waals surface area contributed by atoms with Crippen LogP contribution in [-0.4, -0.2) is 116 Å². The van der Waals surface area contributed by atoms with E-state index in [1.54, 1.807) is 48.8 Å². The number of hydrogen-bond donors (Lipinski definition) is 2. The molecule has 2 aliphatic rings. The molecule has 2 N–H and O–H groups in total. The van der Waals surface area contributed by atoms with Crippen molar-refractivity contribution in [2.45, 2.75) is 37.4 Å². The molecule has 2 saturated heterocycles. The number of carbonyl (C=O) groups excluding carboxylic acids is 2. The second kappa shape index (κ2) is 16.8. The summed E-state index contributed by atoms with van der Waals surface area (Å²) in [7, 11) is -8.14. The molecule has 6 rings (SSSR count). The number of sulfonamides is 2. The van der Waals surface area contributed by atoms with E-state index in [-0.39, 0.29) is 62.7 Å². The zero-order chi connectivity index (χ0) is 39.3. The molecule has 18 heteroatoms. The van der Waals surface area contributed by atoms with Gasteiger partial charge in [0.15, 0.2) is 0 Å². The molecule has 4 aromatic rings. The van der Waals surface area contributed by atoms with Crippen molar-refractivity contribution < 1.29 is 46.1 Å². The van der Waals surface area contributed by atoms with E-state index in [1.165, 1.54) is 58.3 Å². The Bertz CT molecular complexity index is 2010. The Morgan fingerprint density at radius 2 is 1.04 bits per heavy atom. The molecule has 4 unspecified atom stereocenters. The molecule has 2 amide bonds. The smallest absolute Gasteiger partial charge is 0.249 e. The first-order valence-corrected chi connectivity index (χ1v) is 21.0. The van der Waals surface area contributed by atoms with Gasteiger partial charge in [-0.25, -0.2) is 16.8 Å². The fraction of sp³-hybridized carbons (Fsp3) is 0.351. The van der Waals surface area contributed by atoms with Crippen LogP contribution in [-0.2, 0) is 52.2 Å². The van der Waals surface area contributed by atoms with E-state index in [0.29, 0.717) is 22.5 Å². The number of rotatable bonds is 14. The lowest BCUT2D eigenvalue weighted by Gasteiger charge is -2.38. The van der Waals surface area contributed by atoms with Crippen molar-refractivity contribution in [2.75, 3.05) is 54.2 Å². The summed E-state index contributed by atoms with van der Waals surface area (Å²) in [6.45, 7) is -0.470. The summed E-state index contributed by atoms with van der Waals surface area (Å²) in [5.41, 5.74) is 2.27. The van der Waals surface area contributed by atoms with E-state index in [4.69, 9.17) is 9.47 Å². The Hall–Kier alpha value is -4.98. The zero-order valence-electron chi connectivity index (χ0n) is 30.2. The number of carbonyl (C=O) groups is 2. The highest BCUT2D eigenvalue weighted by Crippen LogP contribution is 2.31. The minimum atomic E-state index is -4.07. The molecule has 0 bridgehead atoms. The summed E-state index contributed by atoms with van der Waals surface area (Å²) in [5, 5.41) is 22.8. The second-order valence-electron chi connectivity index (χ2n) is 13.3. The minimum Gasteiger partial charge on any atom is -0.386 e. The average Bonchev–Trinajstić information content (AvgIpc) is 3.16. The molecule has 16 nitrogen and oxygen atoms in total. The second-order valence-corrected chi connectivity index (χ2v) is 17.1. The molecular formula is C37H42N6O10S2. The number of benzene rings is 2. The summed E-state index contributed by atoms with van der Waals surface area (Å²) >= 11 is 0. The van der Waals surface area contributed by atoms with Crippen LogP contribution in [0.4, 0.5) is 11.4 Å². The van der Waals surface area contributed by atoms with Crippen LogP contribution in [0, 0.1) is 0 Å². The van der Waals surface area contributed by atoms with Gasteiger partial charge in [-0.3, -0.25) is 28.2 Å². The number of amides is 2. The van der Waals surface area contributed by atoms with E-state index < -0.39 is 51.0 Å². The van der Waals surface area contributed by atoms with Crippen LogP contribution >= 0.6 is 0 Å². The van der Waals surface area contributed by atoms with Gasteiger partial charge < -0.3 is 29.5 Å². The number of hydrogen-bond acceptors (Lipinski definition) is 12. The maximum Gasteiger partial charge on any atom is 0.249 e. The van der Waals surface area contributed by atoms with Crippen LogP contribution in [0.15, 0.2) is 97.3 Å². The summed E-state index contributed by atoms with van der Waals surface area (Å²) in [6.07, 6.45) is 2.71. The molecule has 4 atom stereocenters. The van der Waals surface area contributed by atoms with Gasteiger partial charge in [-0.1, -0.05) is 36.4 Å². The molecule has 2 aromatic heterocycles. The molecule has 4 heterocycles. The number of anilines is 2. The molecule has 2 aromatic carbocycles. The molecular weight excluding hydrogens is 753 g/mol. The third kappa shape index (κ3) is 9.46. The average molecular weight is 795 g/mol. The number of nitrogens with zero attached hydrogens (tertiary/aromatic N) is 6. The van der Waals surface area contributed by atoms with E-state index in [9.17, 15) is 36.6 Å². The molecule has 0 aliphatic carbocycles. The third-order valence-corrected chi connectivity index (χ3v) is 11.7. The SMILES string of the molecule is CS(=O)(=O)N(CN(c1ccc(C(O)C2COCC(=O)N2Cc2ccccn2)cc1)S(C)(=O)=O)c1ccc(C(O)C2COCC(=O)N2Cc2ccccn2)cc1. The maximum atomic E-state index is 13.2. The van der Waals surface area contributed by atoms with Gasteiger partial charge in [0.2, 0.25) is 31.9 Å². The molecule has 2 aliphatic heterocycles. The first kappa shape index (κ1) is 39.7. The van der Waals surface area contributed by atoms with Crippen molar-refractivity contribution in [3.63, 3.8) is 0 Å². The lowest BCUT2D eigenvalue weighted by Crippen LogP contribution is -2.51. The Kier molecular flexibility index (Phi) is 12.1. The van der Waals surface area contributed by atoms with E-state index >= 15 is 0 Å². The predicted octanol–water partition coefficient (Wildman–Crippen LogP) is 1.59. The Morgan fingerprint density at radius 1 is 0.655 bits per heavy atom. The lowest BCUT2D eigenvalue weighted by atomic mass is 9.99. The van der Waals surface area contributed by atoms with E-state index in [2.05, 4.69) is 9.97 Å². The highest BCUT2D eigenvalue weighted by atomic mass is 32.2. The quantitative estimate of drug-likeness (QED) is 0.175. The number of aliphatic hydroxyl groups is 2. The standard InChI is InChI=1S/C37H42N6O10S2/c1-54(48,49)42(30-13-9-26(10-14-30)36(46)32-21-52-23-34(44)40(32)19-28-7-3-5-17-38-28)25-43(55(2,50)51)31-15-11-27(12-16-31)37(47)33-22-53-24-35(45)41(33)20-29-8-4-6-18-39-29/h3-18,32-33,36-37,46-47H,19-25H2,1-2H3. The highest BCUT2D eigenvalue weighted by molar-refractivity contribution is 7.93. The van der Waals surface area contributed by atoms with Gasteiger partial charge in [0.05, 0.1) is 73.7 Å². The normalized spacial score (nSPS) is 19.2. The van der Waals surface area contributed by atoms with Crippen molar-refractivity contribution in [3.05, 3.63) is 120 Å². The zero-order valence-corrected chi connectivity index (χ0v) is 31.8. The largest absolute Gasteiger partial charge is 0.386 e. The highest BCUT2D eigenvalue weighted by Gasteiger charge is 2.37. The van der Waals surface area contributed by atoms with Crippen LogP contribution in [0.2, 0.25) is 0 Å². The third-order valence-electron chi connectivity index (χ3n) is 9.42. The first-order chi connectivity index (χ1) is 26.2. The van der Waals surface area contributed by atoms with Gasteiger partial charge in [-0.2, -0.15) is 0 Å². The summed E-state index contributed by atoms with van der Waals surface area (Å²) in [4.78, 5) is 37.2. The Balaban J connectivity index is 1.20. The fourth-order valence-electron chi connectivity index (χ4n) is 6.51. The number of ether oxygens (including phenoxy) is 2. The van der Waals surface area contributed by atoms with Crippen LogP contribution in [0.25, 0.3) is 0 Å². The van der Waals surface area contributed by atoms with Crippen LogP contribution in [0.1, 0.15) is 34.7 Å². The van der Waals surface area contributed by atoms with Gasteiger partial charge in [-0.05, 0) is 59.7 Å². The van der Waals surface area contributed by atoms with Gasteiger partial charge in [-0.15, -0.1) is 0 Å². The Labute approximate surface area is 319 Å². The van der Waals surface area contributed by atoms with Gasteiger partial charge in [0, 0.05) is 12.4 Å². The van der Waals surface area contributed by atoms with Crippen molar-refractivity contribution in [2.24, 2.45) is 0 Å². The summed E-state index contributed by atoms with van der Waals surface area (Å²) in [5.74, 6) is -0.630. The molecule has 2 fully saturated rings. The van der Waals surface area contributed by atoms with Crippen molar-refractivity contribution >= 4 is 43.2 Å². The number of aliphatic hydroxyl groups excluding tert-OH is 2. The first-order valence-electron chi connectivity index (χ1n) is 17.3. The van der Waals surface area contributed by atoms with Crippen LogP contribution in [0.3, 0.4) is 0 Å². The minimum absolute atomic E-state index is 0.0616. The molecule has 0 spiro atoms. The number of morpholine rings is 2. The topological polar surface area (TPSA) is 200 Å². The molecule has 0 saturated carbocycles. The van der Waals surface area contributed by atoms with Gasteiger partial charge in [0.25, 0.3) is 0 Å². The van der Waals surface area contributed by atoms with Gasteiger partial charge in [0.1, 0.15) is 32.1 Å². The van der Waals surface area contributed by atoms with Crippen molar-refractivity contribution in [3.8, 4) is 0 Å². The van der Waals surface area contributed by atoms with Crippen molar-refractivity contribution in [1.82, 2.24) is 19.8 Å². The van der Waals surface area contributed by atoms with Crippen LogP contribution in [0.5, 0.6) is 0 Å². The molecule has 55 heavy (non-hydrogen) atoms. The predicted molar refractivity (Wildman–Crippen MR) is 201 cm³/mol. The summed E-state index contributed by atoms with van der Waals surface area (Å²) < 4.78 is 65.4. The van der Waals surface area contributed by atoms with E-state index in [1.807, 2.05) is 0 Å². The lowest BCUT2D eigenvalue weighted by molar-refractivity contribution is -0.155. The number of aromatic nitrogens is 2. The van der Waals surface area contributed by atoms with E-state index in [0.717, 1.165) is 21.1 Å². The van der Waals surface area contributed by atoms with Gasteiger partial charge >= 0.3 is 0 Å². The van der Waals surface area contributed by atoms with Crippen molar-refractivity contribution in [1.29, 1.82) is 0 Å².